The Morgan fingerprint density at radius 2 is 2.22 bits per heavy atom. The van der Waals surface area contributed by atoms with Crippen LogP contribution in [0.15, 0.2) is 29.3 Å². The van der Waals surface area contributed by atoms with E-state index in [1.165, 1.54) is 11.8 Å². The first kappa shape index (κ1) is 12.9. The van der Waals surface area contributed by atoms with Crippen LogP contribution in [0.1, 0.15) is 11.7 Å². The number of carbonyl (C=O) groups excluding carboxylic acids is 1. The molecule has 96 valence electrons. The fourth-order valence-corrected chi connectivity index (χ4v) is 2.86. The monoisotopic (exact) mass is 266 g/mol. The summed E-state index contributed by atoms with van der Waals surface area (Å²) in [6, 6.07) is 6.24. The van der Waals surface area contributed by atoms with Crippen molar-refractivity contribution in [2.75, 3.05) is 12.9 Å². The van der Waals surface area contributed by atoms with Gasteiger partial charge in [0.25, 0.3) is 0 Å². The quantitative estimate of drug-likeness (QED) is 0.854. The van der Waals surface area contributed by atoms with Crippen LogP contribution in [0.5, 0.6) is 5.75 Å². The standard InChI is InChI=1S/C12H14N2O3S/c1-17-10(7-2-4-8(15)5-3-7)12-14-9(6-18-12)11(13)16/h2-5,9-10,15H,6H2,1H3,(H2,13,16). The van der Waals surface area contributed by atoms with Gasteiger partial charge in [0.15, 0.2) is 0 Å². The Bertz CT molecular complexity index is 473. The predicted molar refractivity (Wildman–Crippen MR) is 70.7 cm³/mol. The van der Waals surface area contributed by atoms with Gasteiger partial charge in [-0.3, -0.25) is 9.79 Å². The molecule has 0 bridgehead atoms. The highest BCUT2D eigenvalue weighted by Crippen LogP contribution is 2.31. The molecular formula is C12H14N2O3S. The number of primary amides is 1. The number of aliphatic imine (C=N–C) groups is 1. The molecule has 1 aromatic rings. The number of thioether (sulfide) groups is 1. The molecule has 6 heteroatoms. The van der Waals surface area contributed by atoms with Crippen LogP contribution in [0, 0.1) is 0 Å². The van der Waals surface area contributed by atoms with Crippen molar-refractivity contribution in [3.05, 3.63) is 29.8 Å². The van der Waals surface area contributed by atoms with E-state index in [0.29, 0.717) is 5.75 Å². The molecule has 5 nitrogen and oxygen atoms in total. The lowest BCUT2D eigenvalue weighted by atomic mass is 10.1. The summed E-state index contributed by atoms with van der Waals surface area (Å²) >= 11 is 1.47. The minimum atomic E-state index is -0.472. The molecule has 0 saturated carbocycles. The predicted octanol–water partition coefficient (Wildman–Crippen LogP) is 1.08. The van der Waals surface area contributed by atoms with Crippen molar-refractivity contribution in [2.24, 2.45) is 10.7 Å². The molecule has 2 unspecified atom stereocenters. The van der Waals surface area contributed by atoms with Gasteiger partial charge in [-0.25, -0.2) is 0 Å². The van der Waals surface area contributed by atoms with Crippen LogP contribution in [0.25, 0.3) is 0 Å². The summed E-state index contributed by atoms with van der Waals surface area (Å²) in [5.74, 6) is 0.338. The normalized spacial score (nSPS) is 20.5. The first-order valence-corrected chi connectivity index (χ1v) is 6.42. The van der Waals surface area contributed by atoms with E-state index in [0.717, 1.165) is 10.6 Å². The van der Waals surface area contributed by atoms with Crippen molar-refractivity contribution < 1.29 is 14.6 Å². The number of hydrogen-bond acceptors (Lipinski definition) is 5. The van der Waals surface area contributed by atoms with E-state index in [1.807, 2.05) is 0 Å². The fourth-order valence-electron chi connectivity index (χ4n) is 1.71. The average Bonchev–Trinajstić information content (AvgIpc) is 2.82. The van der Waals surface area contributed by atoms with E-state index in [2.05, 4.69) is 4.99 Å². The summed E-state index contributed by atoms with van der Waals surface area (Å²) < 4.78 is 5.40. The SMILES string of the molecule is COC(C1=NC(C(N)=O)CS1)c1ccc(O)cc1. The van der Waals surface area contributed by atoms with E-state index >= 15 is 0 Å². The largest absolute Gasteiger partial charge is 0.508 e. The molecule has 1 heterocycles. The number of carbonyl (C=O) groups is 1. The summed E-state index contributed by atoms with van der Waals surface area (Å²) in [7, 11) is 1.58. The number of hydrogen-bond donors (Lipinski definition) is 2. The average molecular weight is 266 g/mol. The minimum Gasteiger partial charge on any atom is -0.508 e. The first-order chi connectivity index (χ1) is 8.61. The maximum atomic E-state index is 11.1. The van der Waals surface area contributed by atoms with Crippen molar-refractivity contribution >= 4 is 22.7 Å². The number of nitrogens with two attached hydrogens (primary N) is 1. The zero-order valence-electron chi connectivity index (χ0n) is 9.87. The highest BCUT2D eigenvalue weighted by molar-refractivity contribution is 8.14. The summed E-state index contributed by atoms with van der Waals surface area (Å²) in [6.45, 7) is 0. The van der Waals surface area contributed by atoms with Crippen LogP contribution in [0.4, 0.5) is 0 Å². The summed E-state index contributed by atoms with van der Waals surface area (Å²) in [5, 5.41) is 10.00. The molecule has 0 fully saturated rings. The number of phenolic OH excluding ortho intramolecular Hbond substituents is 1. The van der Waals surface area contributed by atoms with Gasteiger partial charge in [0.1, 0.15) is 22.9 Å². The molecule has 2 atom stereocenters. The second kappa shape index (κ2) is 5.41. The van der Waals surface area contributed by atoms with Gasteiger partial charge in [0.2, 0.25) is 5.91 Å². The lowest BCUT2D eigenvalue weighted by molar-refractivity contribution is -0.118. The molecule has 0 aromatic heterocycles. The number of ether oxygens (including phenoxy) is 1. The smallest absolute Gasteiger partial charge is 0.243 e. The zero-order valence-corrected chi connectivity index (χ0v) is 10.7. The lowest BCUT2D eigenvalue weighted by Crippen LogP contribution is -2.26. The van der Waals surface area contributed by atoms with E-state index in [4.69, 9.17) is 10.5 Å². The maximum absolute atomic E-state index is 11.1. The lowest BCUT2D eigenvalue weighted by Gasteiger charge is -2.15. The van der Waals surface area contributed by atoms with E-state index in [1.54, 1.807) is 31.4 Å². The minimum absolute atomic E-state index is 0.199. The Morgan fingerprint density at radius 3 is 2.72 bits per heavy atom. The van der Waals surface area contributed by atoms with Crippen LogP contribution in [0.2, 0.25) is 0 Å². The summed E-state index contributed by atoms with van der Waals surface area (Å²) in [4.78, 5) is 15.3. The van der Waals surface area contributed by atoms with Crippen LogP contribution in [-0.2, 0) is 9.53 Å². The molecule has 3 N–H and O–H groups in total. The number of amides is 1. The van der Waals surface area contributed by atoms with Crippen LogP contribution >= 0.6 is 11.8 Å². The van der Waals surface area contributed by atoms with Gasteiger partial charge in [-0.05, 0) is 17.7 Å². The van der Waals surface area contributed by atoms with Crippen LogP contribution in [0.3, 0.4) is 0 Å². The van der Waals surface area contributed by atoms with Crippen molar-refractivity contribution in [2.45, 2.75) is 12.1 Å². The van der Waals surface area contributed by atoms with E-state index in [9.17, 15) is 9.90 Å². The Hall–Kier alpha value is -1.53. The highest BCUT2D eigenvalue weighted by atomic mass is 32.2. The van der Waals surface area contributed by atoms with Crippen LogP contribution in [-0.4, -0.2) is 35.0 Å². The number of benzene rings is 1. The van der Waals surface area contributed by atoms with E-state index < -0.39 is 11.9 Å². The Morgan fingerprint density at radius 1 is 1.56 bits per heavy atom. The number of rotatable bonds is 4. The van der Waals surface area contributed by atoms with Gasteiger partial charge in [-0.1, -0.05) is 12.1 Å². The van der Waals surface area contributed by atoms with Gasteiger partial charge < -0.3 is 15.6 Å². The number of aromatic hydroxyl groups is 1. The van der Waals surface area contributed by atoms with Crippen molar-refractivity contribution in [3.63, 3.8) is 0 Å². The van der Waals surface area contributed by atoms with E-state index in [-0.39, 0.29) is 11.9 Å². The van der Waals surface area contributed by atoms with Crippen molar-refractivity contribution in [3.8, 4) is 5.75 Å². The summed E-state index contributed by atoms with van der Waals surface area (Å²) in [6.07, 6.45) is -0.319. The third kappa shape index (κ3) is 2.65. The molecule has 2 rings (SSSR count). The second-order valence-corrected chi connectivity index (χ2v) is 4.94. The number of phenols is 1. The molecule has 1 aliphatic rings. The topological polar surface area (TPSA) is 84.9 Å². The zero-order chi connectivity index (χ0) is 13.1. The Kier molecular flexibility index (Phi) is 3.88. The number of nitrogens with zero attached hydrogens (tertiary/aromatic N) is 1. The molecule has 0 spiro atoms. The Balaban J connectivity index is 2.22. The molecular weight excluding hydrogens is 252 g/mol. The van der Waals surface area contributed by atoms with Crippen molar-refractivity contribution in [1.29, 1.82) is 0 Å². The highest BCUT2D eigenvalue weighted by Gasteiger charge is 2.28. The number of methoxy groups -OCH3 is 1. The van der Waals surface area contributed by atoms with Crippen molar-refractivity contribution in [1.82, 2.24) is 0 Å². The van der Waals surface area contributed by atoms with Crippen LogP contribution < -0.4 is 5.73 Å². The Labute approximate surface area is 109 Å². The molecule has 18 heavy (non-hydrogen) atoms. The molecule has 1 aromatic carbocycles. The van der Waals surface area contributed by atoms with Gasteiger partial charge in [-0.2, -0.15) is 0 Å². The molecule has 0 aliphatic carbocycles. The van der Waals surface area contributed by atoms with Gasteiger partial charge in [0, 0.05) is 12.9 Å². The molecule has 1 aliphatic heterocycles. The molecule has 0 radical (unpaired) electrons. The fraction of sp³-hybridized carbons (Fsp3) is 0.333. The van der Waals surface area contributed by atoms with Gasteiger partial charge >= 0.3 is 0 Å². The second-order valence-electron chi connectivity index (χ2n) is 3.90. The molecule has 1 amide bonds. The maximum Gasteiger partial charge on any atom is 0.243 e. The van der Waals surface area contributed by atoms with Gasteiger partial charge in [0.05, 0.1) is 0 Å². The first-order valence-electron chi connectivity index (χ1n) is 5.43. The summed E-state index contributed by atoms with van der Waals surface area (Å²) in [5.41, 5.74) is 6.11. The molecule has 0 saturated heterocycles. The third-order valence-electron chi connectivity index (χ3n) is 2.66. The van der Waals surface area contributed by atoms with Gasteiger partial charge in [-0.15, -0.1) is 11.8 Å². The third-order valence-corrected chi connectivity index (χ3v) is 3.75.